The summed E-state index contributed by atoms with van der Waals surface area (Å²) in [4.78, 5) is 29.9. The molecule has 7 heteroatoms. The quantitative estimate of drug-likeness (QED) is 0.415. The van der Waals surface area contributed by atoms with E-state index in [2.05, 4.69) is 0 Å². The van der Waals surface area contributed by atoms with Gasteiger partial charge in [0.25, 0.3) is 0 Å². The van der Waals surface area contributed by atoms with Crippen LogP contribution in [0.4, 0.5) is 0 Å². The summed E-state index contributed by atoms with van der Waals surface area (Å²) < 4.78 is 0. The van der Waals surface area contributed by atoms with Gasteiger partial charge in [-0.25, -0.2) is 0 Å². The van der Waals surface area contributed by atoms with Crippen LogP contribution in [0, 0.1) is 38.2 Å². The van der Waals surface area contributed by atoms with Crippen LogP contribution in [0.5, 0.6) is 0 Å². The van der Waals surface area contributed by atoms with E-state index in [1.54, 1.807) is 0 Å². The minimum atomic E-state index is -0.187. The van der Waals surface area contributed by atoms with E-state index in [1.165, 1.54) is 41.5 Å². The van der Waals surface area contributed by atoms with E-state index in [-0.39, 0.29) is 72.8 Å². The molecule has 0 amide bonds. The van der Waals surface area contributed by atoms with E-state index in [1.807, 2.05) is 0 Å². The van der Waals surface area contributed by atoms with Gasteiger partial charge in [-0.05, 0) is 39.0 Å². The van der Waals surface area contributed by atoms with Crippen LogP contribution in [0.15, 0.2) is 35.5 Å². The first kappa shape index (κ1) is 29.0. The number of carbonyl (C=O) groups excluding carboxylic acids is 3. The molecule has 0 spiro atoms. The van der Waals surface area contributed by atoms with Crippen LogP contribution in [0.1, 0.15) is 41.5 Å². The Morgan fingerprint density at radius 3 is 0.682 bits per heavy atom. The average Bonchev–Trinajstić information content (AvgIpc) is 2.10. The number of carbonyl (C=O) groups is 3. The Bertz CT molecular complexity index is 368. The van der Waals surface area contributed by atoms with Crippen molar-refractivity contribution in [2.24, 2.45) is 0 Å². The first-order chi connectivity index (χ1) is 9.38. The average molecular weight is 460 g/mol. The molecule has 0 aliphatic carbocycles. The molecule has 1 radical (unpaired) electrons. The van der Waals surface area contributed by atoms with Gasteiger partial charge in [-0.1, -0.05) is 20.8 Å². The zero-order valence-corrected chi connectivity index (χ0v) is 15.5. The van der Waals surface area contributed by atoms with E-state index in [4.69, 9.17) is 0 Å². The standard InChI is InChI=1S/3C5H8O2.Dy/c3*1-4(6)3-5(2)7;/h3*3,6H,1-2H3;/q;;;+3/p-3. The first-order valence-corrected chi connectivity index (χ1v) is 5.96. The zero-order valence-electron chi connectivity index (χ0n) is 13.5. The smallest absolute Gasteiger partial charge is 0.876 e. The Labute approximate surface area is 161 Å². The summed E-state index contributed by atoms with van der Waals surface area (Å²) >= 11 is 0. The van der Waals surface area contributed by atoms with Crippen LogP contribution in [0.25, 0.3) is 0 Å². The maximum absolute atomic E-state index is 9.98. The van der Waals surface area contributed by atoms with Gasteiger partial charge < -0.3 is 15.3 Å². The maximum atomic E-state index is 9.98. The molecule has 0 aromatic carbocycles. The predicted molar refractivity (Wildman–Crippen MR) is 73.3 cm³/mol. The Balaban J connectivity index is -0.000000108. The van der Waals surface area contributed by atoms with Crippen molar-refractivity contribution in [2.75, 3.05) is 0 Å². The van der Waals surface area contributed by atoms with Gasteiger partial charge in [-0.15, -0.1) is 17.3 Å². The van der Waals surface area contributed by atoms with Gasteiger partial charge in [-0.2, -0.15) is 0 Å². The molecule has 0 saturated carbocycles. The van der Waals surface area contributed by atoms with Crippen molar-refractivity contribution >= 4 is 17.3 Å². The summed E-state index contributed by atoms with van der Waals surface area (Å²) in [7, 11) is 0. The van der Waals surface area contributed by atoms with Crippen LogP contribution in [-0.2, 0) is 14.4 Å². The Kier molecular flexibility index (Phi) is 23.6. The predicted octanol–water partition coefficient (Wildman–Crippen LogP) is -0.481. The van der Waals surface area contributed by atoms with Gasteiger partial charge in [0, 0.05) is 0 Å². The number of allylic oxidation sites excluding steroid dienone is 6. The number of hydrogen-bond acceptors (Lipinski definition) is 6. The van der Waals surface area contributed by atoms with E-state index < -0.39 is 0 Å². The van der Waals surface area contributed by atoms with Gasteiger partial charge in [0.2, 0.25) is 0 Å². The minimum absolute atomic E-state index is 0. The summed E-state index contributed by atoms with van der Waals surface area (Å²) in [5, 5.41) is 29.9. The molecule has 0 fully saturated rings. The molecule has 0 aromatic rings. The van der Waals surface area contributed by atoms with Gasteiger partial charge in [0.1, 0.15) is 0 Å². The van der Waals surface area contributed by atoms with E-state index >= 15 is 0 Å². The molecule has 0 saturated heterocycles. The molecule has 6 nitrogen and oxygen atoms in total. The van der Waals surface area contributed by atoms with Crippen LogP contribution >= 0.6 is 0 Å². The fourth-order valence-corrected chi connectivity index (χ4v) is 0.859. The Morgan fingerprint density at radius 2 is 0.682 bits per heavy atom. The number of ketones is 3. The summed E-state index contributed by atoms with van der Waals surface area (Å²) in [6, 6.07) is 0. The van der Waals surface area contributed by atoms with Crippen molar-refractivity contribution < 1.29 is 67.9 Å². The third-order valence-corrected chi connectivity index (χ3v) is 1.22. The van der Waals surface area contributed by atoms with Crippen LogP contribution in [0.2, 0.25) is 0 Å². The normalized spacial score (nSPS) is 10.9. The molecule has 22 heavy (non-hydrogen) atoms. The van der Waals surface area contributed by atoms with E-state index in [9.17, 15) is 29.7 Å². The number of hydrogen-bond donors (Lipinski definition) is 0. The number of rotatable bonds is 3. The van der Waals surface area contributed by atoms with Crippen molar-refractivity contribution in [1.29, 1.82) is 0 Å². The molecular formula is C15H21DyO6. The minimum Gasteiger partial charge on any atom is -0.876 e. The summed E-state index contributed by atoms with van der Waals surface area (Å²) in [6.45, 7) is 8.09. The molecule has 127 valence electrons. The van der Waals surface area contributed by atoms with E-state index in [0.717, 1.165) is 18.2 Å². The Morgan fingerprint density at radius 1 is 0.545 bits per heavy atom. The van der Waals surface area contributed by atoms with E-state index in [0.29, 0.717) is 0 Å². The van der Waals surface area contributed by atoms with Crippen molar-refractivity contribution in [3.8, 4) is 0 Å². The molecule has 0 aliphatic heterocycles. The maximum Gasteiger partial charge on any atom is 3.00 e. The molecule has 0 heterocycles. The molecule has 0 aliphatic rings. The molecule has 0 aromatic heterocycles. The molecular weight excluding hydrogens is 439 g/mol. The SMILES string of the molecule is CC(=O)C=C(C)[O-].CC(=O)C=C(C)[O-].CC(=O)C=C(C)[O-].[Dy+3]. The fraction of sp³-hybridized carbons (Fsp3) is 0.400. The molecule has 0 rings (SSSR count). The third-order valence-electron chi connectivity index (χ3n) is 1.22. The van der Waals surface area contributed by atoms with Gasteiger partial charge in [-0.3, -0.25) is 14.4 Å². The summed E-state index contributed by atoms with van der Waals surface area (Å²) in [5.41, 5.74) is 0. The van der Waals surface area contributed by atoms with Gasteiger partial charge in [0.05, 0.1) is 0 Å². The fourth-order valence-electron chi connectivity index (χ4n) is 0.859. The Hall–Kier alpha value is -1.10. The summed E-state index contributed by atoms with van der Waals surface area (Å²) in [6.07, 6.45) is 3.17. The van der Waals surface area contributed by atoms with Crippen molar-refractivity contribution in [2.45, 2.75) is 41.5 Å². The second-order valence-electron chi connectivity index (χ2n) is 4.10. The zero-order chi connectivity index (χ0) is 17.6. The summed E-state index contributed by atoms with van der Waals surface area (Å²) in [5.74, 6) is -1.12. The molecule has 0 unspecified atom stereocenters. The molecule has 0 bridgehead atoms. The van der Waals surface area contributed by atoms with Crippen LogP contribution < -0.4 is 15.3 Å². The largest absolute Gasteiger partial charge is 3.00 e. The molecule has 0 atom stereocenters. The van der Waals surface area contributed by atoms with Crippen molar-refractivity contribution in [3.63, 3.8) is 0 Å². The van der Waals surface area contributed by atoms with Gasteiger partial charge in [0.15, 0.2) is 17.3 Å². The van der Waals surface area contributed by atoms with Crippen molar-refractivity contribution in [1.82, 2.24) is 0 Å². The van der Waals surface area contributed by atoms with Gasteiger partial charge >= 0.3 is 38.2 Å². The monoisotopic (exact) mass is 461 g/mol. The van der Waals surface area contributed by atoms with Crippen LogP contribution in [0.3, 0.4) is 0 Å². The first-order valence-electron chi connectivity index (χ1n) is 5.96. The van der Waals surface area contributed by atoms with Crippen LogP contribution in [-0.4, -0.2) is 17.3 Å². The topological polar surface area (TPSA) is 120 Å². The molecule has 0 N–H and O–H groups in total. The second-order valence-corrected chi connectivity index (χ2v) is 4.10. The third kappa shape index (κ3) is 51.0. The second kappa shape index (κ2) is 18.0. The van der Waals surface area contributed by atoms with Crippen molar-refractivity contribution in [3.05, 3.63) is 35.5 Å².